The SMILES string of the molecule is Cc1noc(C)c1S(=O)(=O)NC1CCN(C(=O)c2cccnc2)CC1. The van der Waals surface area contributed by atoms with E-state index in [2.05, 4.69) is 14.9 Å². The van der Waals surface area contributed by atoms with Gasteiger partial charge < -0.3 is 9.42 Å². The fourth-order valence-corrected chi connectivity index (χ4v) is 4.64. The summed E-state index contributed by atoms with van der Waals surface area (Å²) in [5, 5.41) is 3.69. The predicted octanol–water partition coefficient (Wildman–Crippen LogP) is 1.27. The van der Waals surface area contributed by atoms with Crippen LogP contribution in [0.4, 0.5) is 0 Å². The molecule has 1 aliphatic heterocycles. The Kier molecular flexibility index (Phi) is 4.87. The van der Waals surface area contributed by atoms with Crippen LogP contribution < -0.4 is 4.72 Å². The first kappa shape index (κ1) is 17.6. The monoisotopic (exact) mass is 364 g/mol. The van der Waals surface area contributed by atoms with E-state index in [0.717, 1.165) is 0 Å². The molecule has 1 saturated heterocycles. The number of piperidine rings is 1. The Bertz CT molecular complexity index is 836. The third kappa shape index (κ3) is 3.72. The van der Waals surface area contributed by atoms with Gasteiger partial charge in [0.05, 0.1) is 5.56 Å². The van der Waals surface area contributed by atoms with Crippen molar-refractivity contribution in [2.24, 2.45) is 0 Å². The van der Waals surface area contributed by atoms with E-state index in [1.807, 2.05) is 0 Å². The summed E-state index contributed by atoms with van der Waals surface area (Å²) in [7, 11) is -3.69. The summed E-state index contributed by atoms with van der Waals surface area (Å²) in [6, 6.07) is 3.22. The summed E-state index contributed by atoms with van der Waals surface area (Å²) in [5.41, 5.74) is 0.881. The topological polar surface area (TPSA) is 105 Å². The number of hydrogen-bond acceptors (Lipinski definition) is 6. The van der Waals surface area contributed by atoms with Crippen molar-refractivity contribution in [3.63, 3.8) is 0 Å². The average molecular weight is 364 g/mol. The average Bonchev–Trinajstić information content (AvgIpc) is 2.95. The van der Waals surface area contributed by atoms with E-state index in [0.29, 0.717) is 37.2 Å². The Hall–Kier alpha value is -2.26. The highest BCUT2D eigenvalue weighted by Crippen LogP contribution is 2.21. The van der Waals surface area contributed by atoms with Gasteiger partial charge in [0.15, 0.2) is 5.76 Å². The van der Waals surface area contributed by atoms with Gasteiger partial charge in [-0.2, -0.15) is 0 Å². The van der Waals surface area contributed by atoms with Crippen LogP contribution in [0.5, 0.6) is 0 Å². The van der Waals surface area contributed by atoms with E-state index in [9.17, 15) is 13.2 Å². The summed E-state index contributed by atoms with van der Waals surface area (Å²) >= 11 is 0. The number of rotatable bonds is 4. The predicted molar refractivity (Wildman–Crippen MR) is 89.5 cm³/mol. The van der Waals surface area contributed by atoms with Crippen LogP contribution in [0.3, 0.4) is 0 Å². The molecule has 0 aromatic carbocycles. The first-order valence-corrected chi connectivity index (χ1v) is 9.51. The van der Waals surface area contributed by atoms with Crippen molar-refractivity contribution in [2.45, 2.75) is 37.6 Å². The molecule has 2 aromatic rings. The number of likely N-dealkylation sites (tertiary alicyclic amines) is 1. The van der Waals surface area contributed by atoms with Crippen molar-refractivity contribution in [3.8, 4) is 0 Å². The molecular weight excluding hydrogens is 344 g/mol. The van der Waals surface area contributed by atoms with Crippen molar-refractivity contribution >= 4 is 15.9 Å². The molecule has 0 bridgehead atoms. The molecule has 2 aromatic heterocycles. The van der Waals surface area contributed by atoms with Gasteiger partial charge in [0, 0.05) is 31.5 Å². The number of hydrogen-bond donors (Lipinski definition) is 1. The summed E-state index contributed by atoms with van der Waals surface area (Å²) in [6.07, 6.45) is 4.25. The molecule has 3 rings (SSSR count). The standard InChI is InChI=1S/C16H20N4O4S/c1-11-15(12(2)24-18-11)25(22,23)19-14-5-8-20(9-6-14)16(21)13-4-3-7-17-10-13/h3-4,7,10,14,19H,5-6,8-9H2,1-2H3. The number of aryl methyl sites for hydroxylation is 2. The number of sulfonamides is 1. The van der Waals surface area contributed by atoms with E-state index in [1.54, 1.807) is 37.1 Å². The zero-order valence-corrected chi connectivity index (χ0v) is 14.9. The third-order valence-electron chi connectivity index (χ3n) is 4.25. The van der Waals surface area contributed by atoms with E-state index in [1.165, 1.54) is 6.20 Å². The minimum Gasteiger partial charge on any atom is -0.360 e. The molecule has 25 heavy (non-hydrogen) atoms. The summed E-state index contributed by atoms with van der Waals surface area (Å²) in [5.74, 6) is 0.189. The van der Waals surface area contributed by atoms with Gasteiger partial charge >= 0.3 is 0 Å². The normalized spacial score (nSPS) is 16.2. The first-order chi connectivity index (χ1) is 11.9. The van der Waals surface area contributed by atoms with Crippen molar-refractivity contribution in [1.29, 1.82) is 0 Å². The van der Waals surface area contributed by atoms with Gasteiger partial charge in [-0.3, -0.25) is 9.78 Å². The van der Waals surface area contributed by atoms with E-state index in [4.69, 9.17) is 4.52 Å². The number of aromatic nitrogens is 2. The molecule has 0 saturated carbocycles. The lowest BCUT2D eigenvalue weighted by molar-refractivity contribution is 0.0711. The molecule has 9 heteroatoms. The van der Waals surface area contributed by atoms with E-state index < -0.39 is 10.0 Å². The second-order valence-corrected chi connectivity index (χ2v) is 7.73. The smallest absolute Gasteiger partial charge is 0.255 e. The number of nitrogens with zero attached hydrogens (tertiary/aromatic N) is 3. The number of carbonyl (C=O) groups is 1. The van der Waals surface area contributed by atoms with Crippen LogP contribution in [-0.2, 0) is 10.0 Å². The highest BCUT2D eigenvalue weighted by Gasteiger charge is 2.30. The van der Waals surface area contributed by atoms with Crippen LogP contribution >= 0.6 is 0 Å². The molecule has 8 nitrogen and oxygen atoms in total. The summed E-state index contributed by atoms with van der Waals surface area (Å²) < 4.78 is 32.7. The van der Waals surface area contributed by atoms with Gasteiger partial charge in [0.1, 0.15) is 10.6 Å². The van der Waals surface area contributed by atoms with E-state index >= 15 is 0 Å². The highest BCUT2D eigenvalue weighted by molar-refractivity contribution is 7.89. The van der Waals surface area contributed by atoms with Gasteiger partial charge in [-0.15, -0.1) is 0 Å². The van der Waals surface area contributed by atoms with Crippen LogP contribution in [0, 0.1) is 13.8 Å². The lowest BCUT2D eigenvalue weighted by atomic mass is 10.1. The first-order valence-electron chi connectivity index (χ1n) is 8.03. The quantitative estimate of drug-likeness (QED) is 0.876. The van der Waals surface area contributed by atoms with Crippen LogP contribution in [0.2, 0.25) is 0 Å². The maximum Gasteiger partial charge on any atom is 0.255 e. The largest absolute Gasteiger partial charge is 0.360 e. The highest BCUT2D eigenvalue weighted by atomic mass is 32.2. The van der Waals surface area contributed by atoms with Crippen molar-refractivity contribution < 1.29 is 17.7 Å². The maximum absolute atomic E-state index is 12.5. The van der Waals surface area contributed by atoms with Gasteiger partial charge in [0.25, 0.3) is 5.91 Å². The Morgan fingerprint density at radius 1 is 1.32 bits per heavy atom. The number of carbonyl (C=O) groups excluding carboxylic acids is 1. The second kappa shape index (κ2) is 6.93. The minimum atomic E-state index is -3.69. The second-order valence-electron chi connectivity index (χ2n) is 6.08. The Morgan fingerprint density at radius 3 is 2.60 bits per heavy atom. The van der Waals surface area contributed by atoms with E-state index in [-0.39, 0.29) is 22.6 Å². The van der Waals surface area contributed by atoms with Gasteiger partial charge in [-0.1, -0.05) is 5.16 Å². The van der Waals surface area contributed by atoms with Crippen molar-refractivity contribution in [1.82, 2.24) is 19.8 Å². The van der Waals surface area contributed by atoms with Crippen molar-refractivity contribution in [3.05, 3.63) is 41.5 Å². The molecule has 134 valence electrons. The number of nitrogens with one attached hydrogen (secondary N) is 1. The maximum atomic E-state index is 12.5. The molecular formula is C16H20N4O4S. The summed E-state index contributed by atoms with van der Waals surface area (Å²) in [4.78, 5) is 18.2. The number of pyridine rings is 1. The van der Waals surface area contributed by atoms with Crippen LogP contribution in [-0.4, -0.2) is 48.5 Å². The zero-order chi connectivity index (χ0) is 18.0. The van der Waals surface area contributed by atoms with Gasteiger partial charge in [0.2, 0.25) is 10.0 Å². The molecule has 0 aliphatic carbocycles. The fraction of sp³-hybridized carbons (Fsp3) is 0.438. The molecule has 0 unspecified atom stereocenters. The fourth-order valence-electron chi connectivity index (χ4n) is 3.01. The minimum absolute atomic E-state index is 0.0832. The zero-order valence-electron chi connectivity index (χ0n) is 14.1. The Morgan fingerprint density at radius 2 is 2.04 bits per heavy atom. The molecule has 1 aliphatic rings. The summed E-state index contributed by atoms with van der Waals surface area (Å²) in [6.45, 7) is 4.15. The number of amides is 1. The molecule has 1 fully saturated rings. The van der Waals surface area contributed by atoms with Gasteiger partial charge in [-0.25, -0.2) is 13.1 Å². The van der Waals surface area contributed by atoms with Crippen LogP contribution in [0.15, 0.2) is 33.9 Å². The molecule has 1 amide bonds. The van der Waals surface area contributed by atoms with Crippen LogP contribution in [0.1, 0.15) is 34.7 Å². The molecule has 1 N–H and O–H groups in total. The lowest BCUT2D eigenvalue weighted by Crippen LogP contribution is -2.46. The molecule has 0 spiro atoms. The Labute approximate surface area is 146 Å². The third-order valence-corrected chi connectivity index (χ3v) is 6.01. The molecule has 0 atom stereocenters. The Balaban J connectivity index is 1.62. The molecule has 3 heterocycles. The van der Waals surface area contributed by atoms with Gasteiger partial charge in [-0.05, 0) is 38.8 Å². The lowest BCUT2D eigenvalue weighted by Gasteiger charge is -2.32. The van der Waals surface area contributed by atoms with Crippen LogP contribution in [0.25, 0.3) is 0 Å². The molecule has 0 radical (unpaired) electrons. The van der Waals surface area contributed by atoms with Crippen molar-refractivity contribution in [2.75, 3.05) is 13.1 Å².